The predicted octanol–water partition coefficient (Wildman–Crippen LogP) is 3.29. The Balaban J connectivity index is 2.10. The fourth-order valence-corrected chi connectivity index (χ4v) is 1.95. The van der Waals surface area contributed by atoms with Crippen molar-refractivity contribution in [3.8, 4) is 11.8 Å². The molecule has 2 aromatic rings. The average Bonchev–Trinajstić information content (AvgIpc) is 3.03. The first-order chi connectivity index (χ1) is 11.5. The van der Waals surface area contributed by atoms with E-state index in [1.165, 1.54) is 6.08 Å². The number of hydrogen-bond acceptors (Lipinski definition) is 5. The summed E-state index contributed by atoms with van der Waals surface area (Å²) >= 11 is 0. The lowest BCUT2D eigenvalue weighted by Gasteiger charge is -2.07. The fraction of sp³-hybridized carbons (Fsp3) is 0.222. The number of anilines is 2. The molecule has 0 fully saturated rings. The van der Waals surface area contributed by atoms with E-state index >= 15 is 0 Å². The molecular weight excluding hydrogens is 306 g/mol. The maximum atomic E-state index is 12.2. The van der Waals surface area contributed by atoms with Crippen LogP contribution in [-0.2, 0) is 4.79 Å². The number of hydrogen-bond donors (Lipinski definition) is 1. The molecule has 1 heterocycles. The van der Waals surface area contributed by atoms with E-state index < -0.39 is 5.91 Å². The lowest BCUT2D eigenvalue weighted by molar-refractivity contribution is -0.112. The summed E-state index contributed by atoms with van der Waals surface area (Å²) in [7, 11) is 3.69. The van der Waals surface area contributed by atoms with Crippen molar-refractivity contribution in [1.82, 2.24) is 0 Å². The van der Waals surface area contributed by atoms with Crippen LogP contribution in [0.1, 0.15) is 12.7 Å². The zero-order valence-electron chi connectivity index (χ0n) is 13.9. The fourth-order valence-electron chi connectivity index (χ4n) is 1.95. The van der Waals surface area contributed by atoms with Crippen LogP contribution in [0.3, 0.4) is 0 Å². The third-order valence-corrected chi connectivity index (χ3v) is 3.13. The lowest BCUT2D eigenvalue weighted by Crippen LogP contribution is -2.13. The molecule has 0 aliphatic carbocycles. The molecule has 1 aromatic carbocycles. The number of nitrogens with zero attached hydrogens (tertiary/aromatic N) is 2. The highest BCUT2D eigenvalue weighted by Crippen LogP contribution is 2.20. The van der Waals surface area contributed by atoms with Crippen molar-refractivity contribution in [2.45, 2.75) is 6.92 Å². The van der Waals surface area contributed by atoms with Gasteiger partial charge in [0.2, 0.25) is 0 Å². The SMILES string of the molecule is CCOc1ccc(NC(=O)/C(C#N)=C/c2ccc(N(C)C)o2)cc1. The number of carbonyl (C=O) groups excluding carboxylic acids is 1. The number of benzene rings is 1. The minimum atomic E-state index is -0.496. The Morgan fingerprint density at radius 2 is 2.00 bits per heavy atom. The van der Waals surface area contributed by atoms with Crippen LogP contribution in [-0.4, -0.2) is 26.6 Å². The predicted molar refractivity (Wildman–Crippen MR) is 92.9 cm³/mol. The van der Waals surface area contributed by atoms with Crippen LogP contribution in [0.4, 0.5) is 11.6 Å². The Morgan fingerprint density at radius 1 is 1.29 bits per heavy atom. The van der Waals surface area contributed by atoms with Gasteiger partial charge in [-0.15, -0.1) is 0 Å². The third kappa shape index (κ3) is 4.40. The summed E-state index contributed by atoms with van der Waals surface area (Å²) in [6.45, 7) is 2.47. The summed E-state index contributed by atoms with van der Waals surface area (Å²) in [4.78, 5) is 14.0. The number of nitrogens with one attached hydrogen (secondary N) is 1. The monoisotopic (exact) mass is 325 g/mol. The third-order valence-electron chi connectivity index (χ3n) is 3.13. The van der Waals surface area contributed by atoms with E-state index in [2.05, 4.69) is 5.32 Å². The quantitative estimate of drug-likeness (QED) is 0.651. The van der Waals surface area contributed by atoms with Crippen molar-refractivity contribution >= 4 is 23.6 Å². The summed E-state index contributed by atoms with van der Waals surface area (Å²) in [5.41, 5.74) is 0.543. The van der Waals surface area contributed by atoms with Gasteiger partial charge in [0.1, 0.15) is 23.2 Å². The van der Waals surface area contributed by atoms with Gasteiger partial charge in [0.05, 0.1) is 6.61 Å². The summed E-state index contributed by atoms with van der Waals surface area (Å²) in [5, 5.41) is 11.9. The van der Waals surface area contributed by atoms with Gasteiger partial charge in [0, 0.05) is 31.9 Å². The van der Waals surface area contributed by atoms with Crippen molar-refractivity contribution in [2.75, 3.05) is 30.9 Å². The number of rotatable bonds is 6. The van der Waals surface area contributed by atoms with Crippen molar-refractivity contribution in [3.05, 3.63) is 47.7 Å². The van der Waals surface area contributed by atoms with E-state index in [0.29, 0.717) is 23.9 Å². The van der Waals surface area contributed by atoms with Gasteiger partial charge in [-0.1, -0.05) is 0 Å². The van der Waals surface area contributed by atoms with Gasteiger partial charge < -0.3 is 19.4 Å². The number of nitriles is 1. The van der Waals surface area contributed by atoms with Crippen molar-refractivity contribution in [3.63, 3.8) is 0 Å². The lowest BCUT2D eigenvalue weighted by atomic mass is 10.2. The number of carbonyl (C=O) groups is 1. The van der Waals surface area contributed by atoms with Gasteiger partial charge in [-0.25, -0.2) is 0 Å². The number of furan rings is 1. The maximum Gasteiger partial charge on any atom is 0.266 e. The second-order valence-electron chi connectivity index (χ2n) is 5.15. The van der Waals surface area contributed by atoms with Gasteiger partial charge in [0.15, 0.2) is 5.88 Å². The van der Waals surface area contributed by atoms with Crippen LogP contribution in [0.2, 0.25) is 0 Å². The van der Waals surface area contributed by atoms with Crippen molar-refractivity contribution in [2.24, 2.45) is 0 Å². The van der Waals surface area contributed by atoms with E-state index in [9.17, 15) is 10.1 Å². The van der Waals surface area contributed by atoms with Crippen LogP contribution < -0.4 is 15.0 Å². The van der Waals surface area contributed by atoms with E-state index in [-0.39, 0.29) is 5.57 Å². The molecule has 0 aliphatic heterocycles. The first kappa shape index (κ1) is 17.2. The zero-order valence-corrected chi connectivity index (χ0v) is 13.9. The standard InChI is InChI=1S/C18H19N3O3/c1-4-23-15-7-5-14(6-8-15)20-18(22)13(12-19)11-16-9-10-17(24-16)21(2)3/h5-11H,4H2,1-3H3,(H,20,22)/b13-11+. The van der Waals surface area contributed by atoms with Gasteiger partial charge in [-0.05, 0) is 37.3 Å². The first-order valence-electron chi connectivity index (χ1n) is 7.46. The van der Waals surface area contributed by atoms with E-state index in [4.69, 9.17) is 9.15 Å². The maximum absolute atomic E-state index is 12.2. The van der Waals surface area contributed by atoms with E-state index in [1.807, 2.05) is 27.1 Å². The topological polar surface area (TPSA) is 78.5 Å². The summed E-state index contributed by atoms with van der Waals surface area (Å²) in [5.74, 6) is 1.31. The summed E-state index contributed by atoms with van der Waals surface area (Å²) in [6.07, 6.45) is 1.41. The Hall–Kier alpha value is -3.20. The summed E-state index contributed by atoms with van der Waals surface area (Å²) in [6, 6.07) is 12.3. The van der Waals surface area contributed by atoms with Crippen molar-refractivity contribution < 1.29 is 13.9 Å². The normalized spacial score (nSPS) is 10.8. The molecule has 24 heavy (non-hydrogen) atoms. The van der Waals surface area contributed by atoms with Gasteiger partial charge in [0.25, 0.3) is 5.91 Å². The molecule has 1 N–H and O–H groups in total. The second kappa shape index (κ2) is 7.88. The molecule has 0 atom stereocenters. The molecular formula is C18H19N3O3. The Kier molecular flexibility index (Phi) is 5.63. The van der Waals surface area contributed by atoms with Gasteiger partial charge in [-0.3, -0.25) is 4.79 Å². The molecule has 2 rings (SSSR count). The molecule has 0 saturated heterocycles. The van der Waals surface area contributed by atoms with Crippen LogP contribution in [0, 0.1) is 11.3 Å². The molecule has 1 aromatic heterocycles. The minimum absolute atomic E-state index is 0.0384. The number of amides is 1. The molecule has 0 bridgehead atoms. The van der Waals surface area contributed by atoms with Crippen LogP contribution >= 0.6 is 0 Å². The van der Waals surface area contributed by atoms with Gasteiger partial charge in [-0.2, -0.15) is 5.26 Å². The molecule has 0 aliphatic rings. The zero-order chi connectivity index (χ0) is 17.5. The van der Waals surface area contributed by atoms with Crippen molar-refractivity contribution in [1.29, 1.82) is 5.26 Å². The minimum Gasteiger partial charge on any atom is -0.494 e. The Labute approximate surface area is 140 Å². The highest BCUT2D eigenvalue weighted by atomic mass is 16.5. The molecule has 124 valence electrons. The largest absolute Gasteiger partial charge is 0.494 e. The Bertz CT molecular complexity index is 768. The highest BCUT2D eigenvalue weighted by Gasteiger charge is 2.11. The van der Waals surface area contributed by atoms with Crippen LogP contribution in [0.15, 0.2) is 46.4 Å². The van der Waals surface area contributed by atoms with Crippen LogP contribution in [0.25, 0.3) is 6.08 Å². The molecule has 0 saturated carbocycles. The van der Waals surface area contributed by atoms with Crippen LogP contribution in [0.5, 0.6) is 5.75 Å². The molecule has 6 heteroatoms. The molecule has 0 unspecified atom stereocenters. The Morgan fingerprint density at radius 3 is 2.54 bits per heavy atom. The van der Waals surface area contributed by atoms with E-state index in [0.717, 1.165) is 5.75 Å². The molecule has 1 amide bonds. The highest BCUT2D eigenvalue weighted by molar-refractivity contribution is 6.09. The number of ether oxygens (including phenoxy) is 1. The van der Waals surface area contributed by atoms with Gasteiger partial charge >= 0.3 is 0 Å². The average molecular weight is 325 g/mol. The van der Waals surface area contributed by atoms with E-state index in [1.54, 1.807) is 41.3 Å². The smallest absolute Gasteiger partial charge is 0.266 e. The second-order valence-corrected chi connectivity index (χ2v) is 5.15. The molecule has 0 spiro atoms. The molecule has 6 nitrogen and oxygen atoms in total. The molecule has 0 radical (unpaired) electrons. The summed E-state index contributed by atoms with van der Waals surface area (Å²) < 4.78 is 10.9. The first-order valence-corrected chi connectivity index (χ1v) is 7.46.